The number of benzene rings is 1. The summed E-state index contributed by atoms with van der Waals surface area (Å²) in [6, 6.07) is 10.1. The highest BCUT2D eigenvalue weighted by molar-refractivity contribution is 5.94. The van der Waals surface area contributed by atoms with E-state index in [1.165, 1.54) is 25.8 Å². The van der Waals surface area contributed by atoms with Gasteiger partial charge in [-0.1, -0.05) is 6.42 Å². The average molecular weight is 326 g/mol. The summed E-state index contributed by atoms with van der Waals surface area (Å²) in [6.07, 6.45) is 8.58. The molecular weight excluding hydrogens is 300 g/mol. The lowest BCUT2D eigenvalue weighted by atomic mass is 10.0. The average Bonchev–Trinajstić information content (AvgIpc) is 3.15. The van der Waals surface area contributed by atoms with E-state index in [2.05, 4.69) is 22.2 Å². The molecule has 5 nitrogen and oxygen atoms in total. The van der Waals surface area contributed by atoms with Gasteiger partial charge in [0.1, 0.15) is 0 Å². The minimum absolute atomic E-state index is 0.00583. The molecule has 2 aromatic rings. The summed E-state index contributed by atoms with van der Waals surface area (Å²) in [6.45, 7) is 5.30. The van der Waals surface area contributed by atoms with Crippen LogP contribution >= 0.6 is 0 Å². The fourth-order valence-corrected chi connectivity index (χ4v) is 3.26. The summed E-state index contributed by atoms with van der Waals surface area (Å²) in [5.41, 5.74) is 1.65. The highest BCUT2D eigenvalue weighted by Crippen LogP contribution is 2.16. The van der Waals surface area contributed by atoms with E-state index in [-0.39, 0.29) is 5.91 Å². The molecule has 0 saturated carbocycles. The van der Waals surface area contributed by atoms with Crippen molar-refractivity contribution >= 4 is 5.91 Å². The maximum absolute atomic E-state index is 12.2. The summed E-state index contributed by atoms with van der Waals surface area (Å²) >= 11 is 0. The Bertz CT molecular complexity index is 636. The first-order chi connectivity index (χ1) is 11.7. The number of hydrogen-bond acceptors (Lipinski definition) is 3. The summed E-state index contributed by atoms with van der Waals surface area (Å²) in [7, 11) is 0. The van der Waals surface area contributed by atoms with Gasteiger partial charge >= 0.3 is 0 Å². The van der Waals surface area contributed by atoms with Gasteiger partial charge in [-0.3, -0.25) is 4.79 Å². The summed E-state index contributed by atoms with van der Waals surface area (Å²) < 4.78 is 1.78. The molecule has 0 aliphatic carbocycles. The summed E-state index contributed by atoms with van der Waals surface area (Å²) in [5.74, 6) is -0.00583. The van der Waals surface area contributed by atoms with Crippen LogP contribution in [0.3, 0.4) is 0 Å². The molecule has 1 fully saturated rings. The van der Waals surface area contributed by atoms with Crippen molar-refractivity contribution in [1.29, 1.82) is 0 Å². The Morgan fingerprint density at radius 3 is 2.83 bits per heavy atom. The number of aromatic nitrogens is 2. The van der Waals surface area contributed by atoms with Crippen LogP contribution in [0.5, 0.6) is 0 Å². The molecule has 0 bridgehead atoms. The van der Waals surface area contributed by atoms with E-state index in [1.807, 2.05) is 36.5 Å². The van der Waals surface area contributed by atoms with Gasteiger partial charge in [-0.05, 0) is 63.1 Å². The van der Waals surface area contributed by atoms with Crippen LogP contribution in [0.4, 0.5) is 0 Å². The molecule has 1 atom stereocenters. The fourth-order valence-electron chi connectivity index (χ4n) is 3.26. The second kappa shape index (κ2) is 8.11. The van der Waals surface area contributed by atoms with E-state index >= 15 is 0 Å². The number of nitrogens with one attached hydrogen (secondary N) is 1. The Hall–Kier alpha value is -2.14. The molecule has 1 saturated heterocycles. The van der Waals surface area contributed by atoms with Crippen molar-refractivity contribution in [3.8, 4) is 5.69 Å². The molecule has 3 rings (SSSR count). The van der Waals surface area contributed by atoms with E-state index in [9.17, 15) is 4.79 Å². The zero-order valence-electron chi connectivity index (χ0n) is 14.3. The zero-order chi connectivity index (χ0) is 16.8. The van der Waals surface area contributed by atoms with Crippen LogP contribution in [0, 0.1) is 0 Å². The van der Waals surface area contributed by atoms with Gasteiger partial charge in [0.25, 0.3) is 5.91 Å². The Morgan fingerprint density at radius 2 is 2.12 bits per heavy atom. The van der Waals surface area contributed by atoms with Crippen molar-refractivity contribution in [1.82, 2.24) is 20.0 Å². The van der Waals surface area contributed by atoms with Crippen LogP contribution in [0.15, 0.2) is 42.7 Å². The summed E-state index contributed by atoms with van der Waals surface area (Å²) in [5, 5.41) is 7.20. The number of hydrogen-bond donors (Lipinski definition) is 1. The van der Waals surface area contributed by atoms with Gasteiger partial charge < -0.3 is 10.2 Å². The standard InChI is InChI=1S/C19H26N4O/c1-16-6-2-3-13-22(16)14-4-11-20-19(24)17-7-9-18(10-8-17)23-15-5-12-21-23/h5,7-10,12,15-16H,2-4,6,11,13-14H2,1H3,(H,20,24)/t16-/m1/s1. The van der Waals surface area contributed by atoms with E-state index in [0.717, 1.165) is 25.2 Å². The molecule has 128 valence electrons. The summed E-state index contributed by atoms with van der Waals surface area (Å²) in [4.78, 5) is 14.7. The maximum atomic E-state index is 12.2. The maximum Gasteiger partial charge on any atom is 0.251 e. The number of rotatable bonds is 6. The molecule has 2 heterocycles. The first-order valence-electron chi connectivity index (χ1n) is 8.86. The largest absolute Gasteiger partial charge is 0.352 e. The molecule has 1 aromatic carbocycles. The Labute approximate surface area is 143 Å². The van der Waals surface area contributed by atoms with Crippen LogP contribution in [0.2, 0.25) is 0 Å². The molecule has 1 aliphatic rings. The molecule has 24 heavy (non-hydrogen) atoms. The lowest BCUT2D eigenvalue weighted by Gasteiger charge is -2.33. The molecule has 0 spiro atoms. The molecule has 0 radical (unpaired) electrons. The number of carbonyl (C=O) groups is 1. The van der Waals surface area contributed by atoms with Gasteiger partial charge in [-0.2, -0.15) is 5.10 Å². The monoisotopic (exact) mass is 326 g/mol. The SMILES string of the molecule is C[C@@H]1CCCCN1CCCNC(=O)c1ccc(-n2cccn2)cc1. The second-order valence-corrected chi connectivity index (χ2v) is 6.49. The van der Waals surface area contributed by atoms with Crippen molar-refractivity contribution in [2.75, 3.05) is 19.6 Å². The first-order valence-corrected chi connectivity index (χ1v) is 8.86. The van der Waals surface area contributed by atoms with Gasteiger partial charge in [0.15, 0.2) is 0 Å². The molecule has 1 amide bonds. The van der Waals surface area contributed by atoms with Crippen molar-refractivity contribution in [3.63, 3.8) is 0 Å². The number of amides is 1. The van der Waals surface area contributed by atoms with Crippen molar-refractivity contribution in [2.24, 2.45) is 0 Å². The third-order valence-corrected chi connectivity index (χ3v) is 4.75. The van der Waals surface area contributed by atoms with E-state index in [0.29, 0.717) is 11.6 Å². The molecule has 1 aliphatic heterocycles. The van der Waals surface area contributed by atoms with Crippen LogP contribution in [0.25, 0.3) is 5.69 Å². The predicted octanol–water partition coefficient (Wildman–Crippen LogP) is 2.87. The van der Waals surface area contributed by atoms with Crippen LogP contribution in [-0.4, -0.2) is 46.3 Å². The lowest BCUT2D eigenvalue weighted by molar-refractivity contribution is 0.0949. The van der Waals surface area contributed by atoms with Gasteiger partial charge in [-0.15, -0.1) is 0 Å². The molecule has 1 aromatic heterocycles. The van der Waals surface area contributed by atoms with Gasteiger partial charge in [-0.25, -0.2) is 4.68 Å². The number of nitrogens with zero attached hydrogens (tertiary/aromatic N) is 3. The molecule has 0 unspecified atom stereocenters. The highest BCUT2D eigenvalue weighted by Gasteiger charge is 2.17. The van der Waals surface area contributed by atoms with E-state index in [4.69, 9.17) is 0 Å². The van der Waals surface area contributed by atoms with Crippen molar-refractivity contribution in [3.05, 3.63) is 48.3 Å². The van der Waals surface area contributed by atoms with Crippen LogP contribution in [0.1, 0.15) is 43.0 Å². The zero-order valence-corrected chi connectivity index (χ0v) is 14.3. The minimum Gasteiger partial charge on any atom is -0.352 e. The van der Waals surface area contributed by atoms with Gasteiger partial charge in [0.2, 0.25) is 0 Å². The Morgan fingerprint density at radius 1 is 1.29 bits per heavy atom. The quantitative estimate of drug-likeness (QED) is 0.831. The predicted molar refractivity (Wildman–Crippen MR) is 95.4 cm³/mol. The van der Waals surface area contributed by atoms with Crippen LogP contribution < -0.4 is 5.32 Å². The van der Waals surface area contributed by atoms with E-state index in [1.54, 1.807) is 10.9 Å². The third kappa shape index (κ3) is 4.23. The lowest BCUT2D eigenvalue weighted by Crippen LogP contribution is -2.39. The number of piperidine rings is 1. The molecular formula is C19H26N4O. The fraction of sp³-hybridized carbons (Fsp3) is 0.474. The third-order valence-electron chi connectivity index (χ3n) is 4.75. The molecule has 5 heteroatoms. The van der Waals surface area contributed by atoms with Gasteiger partial charge in [0, 0.05) is 37.1 Å². The number of carbonyl (C=O) groups excluding carboxylic acids is 1. The highest BCUT2D eigenvalue weighted by atomic mass is 16.1. The second-order valence-electron chi connectivity index (χ2n) is 6.49. The topological polar surface area (TPSA) is 50.2 Å². The first kappa shape index (κ1) is 16.7. The smallest absolute Gasteiger partial charge is 0.251 e. The number of likely N-dealkylation sites (tertiary alicyclic amines) is 1. The molecule has 1 N–H and O–H groups in total. The Kier molecular flexibility index (Phi) is 5.64. The Balaban J connectivity index is 1.43. The van der Waals surface area contributed by atoms with Crippen molar-refractivity contribution < 1.29 is 4.79 Å². The van der Waals surface area contributed by atoms with Crippen molar-refractivity contribution in [2.45, 2.75) is 38.6 Å². The normalized spacial score (nSPS) is 18.5. The van der Waals surface area contributed by atoms with Crippen LogP contribution in [-0.2, 0) is 0 Å². The van der Waals surface area contributed by atoms with Gasteiger partial charge in [0.05, 0.1) is 5.69 Å². The minimum atomic E-state index is -0.00583. The van der Waals surface area contributed by atoms with E-state index < -0.39 is 0 Å².